The van der Waals surface area contributed by atoms with Crippen molar-refractivity contribution in [3.8, 4) is 0 Å². The highest BCUT2D eigenvalue weighted by atomic mass is 32.2. The van der Waals surface area contributed by atoms with E-state index in [1.807, 2.05) is 16.7 Å². The molecule has 1 N–H and O–H groups in total. The summed E-state index contributed by atoms with van der Waals surface area (Å²) in [7, 11) is 1.74. The SMILES string of the molecule is CN(CCCC(=O)O)C(=O)N1CCCSCC1. The summed E-state index contributed by atoms with van der Waals surface area (Å²) in [6, 6.07) is 0.0258. The Hall–Kier alpha value is -0.910. The number of amides is 2. The molecule has 6 heteroatoms. The van der Waals surface area contributed by atoms with Gasteiger partial charge in [0.1, 0.15) is 0 Å². The molecule has 0 radical (unpaired) electrons. The van der Waals surface area contributed by atoms with Gasteiger partial charge in [0.05, 0.1) is 0 Å². The van der Waals surface area contributed by atoms with E-state index in [1.54, 1.807) is 11.9 Å². The highest BCUT2D eigenvalue weighted by Gasteiger charge is 2.18. The van der Waals surface area contributed by atoms with Crippen LogP contribution in [0.4, 0.5) is 4.79 Å². The number of rotatable bonds is 4. The second kappa shape index (κ2) is 7.42. The van der Waals surface area contributed by atoms with Crippen molar-refractivity contribution in [1.29, 1.82) is 0 Å². The van der Waals surface area contributed by atoms with Gasteiger partial charge in [0.15, 0.2) is 0 Å². The van der Waals surface area contributed by atoms with Gasteiger partial charge in [0, 0.05) is 38.9 Å². The van der Waals surface area contributed by atoms with Gasteiger partial charge in [-0.25, -0.2) is 4.79 Å². The van der Waals surface area contributed by atoms with Crippen molar-refractivity contribution in [1.82, 2.24) is 9.80 Å². The zero-order valence-electron chi connectivity index (χ0n) is 10.2. The first-order valence-electron chi connectivity index (χ1n) is 5.91. The molecule has 1 saturated heterocycles. The minimum Gasteiger partial charge on any atom is -0.481 e. The van der Waals surface area contributed by atoms with Crippen LogP contribution in [0.1, 0.15) is 19.3 Å². The normalized spacial score (nSPS) is 16.4. The lowest BCUT2D eigenvalue weighted by Gasteiger charge is -2.26. The smallest absolute Gasteiger partial charge is 0.319 e. The molecule has 0 aromatic carbocycles. The summed E-state index contributed by atoms with van der Waals surface area (Å²) in [4.78, 5) is 25.9. The molecule has 0 unspecified atom stereocenters. The number of carboxylic acids is 1. The first-order valence-corrected chi connectivity index (χ1v) is 7.06. The molecule has 1 aliphatic rings. The number of carbonyl (C=O) groups excluding carboxylic acids is 1. The number of urea groups is 1. The van der Waals surface area contributed by atoms with Crippen LogP contribution in [-0.2, 0) is 4.79 Å². The second-order valence-electron chi connectivity index (χ2n) is 4.15. The van der Waals surface area contributed by atoms with E-state index in [0.29, 0.717) is 13.0 Å². The van der Waals surface area contributed by atoms with Crippen LogP contribution in [0.2, 0.25) is 0 Å². The molecule has 2 amide bonds. The summed E-state index contributed by atoms with van der Waals surface area (Å²) >= 11 is 1.88. The van der Waals surface area contributed by atoms with Crippen molar-refractivity contribution in [2.24, 2.45) is 0 Å². The van der Waals surface area contributed by atoms with Crippen LogP contribution in [-0.4, -0.2) is 65.1 Å². The molecular formula is C11H20N2O3S. The number of carbonyl (C=O) groups is 2. The third-order valence-corrected chi connectivity index (χ3v) is 3.75. The molecule has 1 heterocycles. The lowest BCUT2D eigenvalue weighted by molar-refractivity contribution is -0.137. The van der Waals surface area contributed by atoms with Gasteiger partial charge >= 0.3 is 12.0 Å². The molecule has 0 spiro atoms. The Morgan fingerprint density at radius 3 is 2.82 bits per heavy atom. The van der Waals surface area contributed by atoms with Crippen molar-refractivity contribution in [2.75, 3.05) is 38.2 Å². The van der Waals surface area contributed by atoms with Gasteiger partial charge in [-0.15, -0.1) is 0 Å². The Morgan fingerprint density at radius 1 is 1.35 bits per heavy atom. The summed E-state index contributed by atoms with van der Waals surface area (Å²) in [6.45, 7) is 2.12. The maximum Gasteiger partial charge on any atom is 0.319 e. The lowest BCUT2D eigenvalue weighted by atomic mass is 10.3. The summed E-state index contributed by atoms with van der Waals surface area (Å²) in [5, 5.41) is 8.53. The van der Waals surface area contributed by atoms with E-state index in [0.717, 1.165) is 31.0 Å². The van der Waals surface area contributed by atoms with Crippen molar-refractivity contribution in [2.45, 2.75) is 19.3 Å². The number of nitrogens with zero attached hydrogens (tertiary/aromatic N) is 2. The Morgan fingerprint density at radius 2 is 2.12 bits per heavy atom. The number of hydrogen-bond acceptors (Lipinski definition) is 3. The average molecular weight is 260 g/mol. The van der Waals surface area contributed by atoms with Crippen molar-refractivity contribution >= 4 is 23.8 Å². The summed E-state index contributed by atoms with van der Waals surface area (Å²) in [6.07, 6.45) is 1.67. The molecule has 5 nitrogen and oxygen atoms in total. The van der Waals surface area contributed by atoms with Crippen LogP contribution in [0.5, 0.6) is 0 Å². The van der Waals surface area contributed by atoms with E-state index in [9.17, 15) is 9.59 Å². The molecule has 1 rings (SSSR count). The van der Waals surface area contributed by atoms with Gasteiger partial charge in [0.2, 0.25) is 0 Å². The number of carboxylic acid groups (broad SMARTS) is 1. The molecule has 0 saturated carbocycles. The van der Waals surface area contributed by atoms with Crippen LogP contribution in [0.15, 0.2) is 0 Å². The third kappa shape index (κ3) is 5.30. The molecule has 17 heavy (non-hydrogen) atoms. The van der Waals surface area contributed by atoms with Gasteiger partial charge in [-0.3, -0.25) is 4.79 Å². The topological polar surface area (TPSA) is 60.9 Å². The van der Waals surface area contributed by atoms with Gasteiger partial charge in [0.25, 0.3) is 0 Å². The van der Waals surface area contributed by atoms with Gasteiger partial charge in [-0.2, -0.15) is 11.8 Å². The zero-order chi connectivity index (χ0) is 12.7. The Labute approximate surface area is 106 Å². The van der Waals surface area contributed by atoms with E-state index >= 15 is 0 Å². The minimum atomic E-state index is -0.808. The Kier molecular flexibility index (Phi) is 6.18. The molecule has 98 valence electrons. The van der Waals surface area contributed by atoms with Crippen molar-refractivity contribution in [3.63, 3.8) is 0 Å². The minimum absolute atomic E-state index is 0.0258. The molecule has 0 aliphatic carbocycles. The number of hydrogen-bond donors (Lipinski definition) is 1. The maximum absolute atomic E-state index is 12.0. The van der Waals surface area contributed by atoms with Gasteiger partial charge in [-0.1, -0.05) is 0 Å². The van der Waals surface area contributed by atoms with Gasteiger partial charge in [-0.05, 0) is 18.6 Å². The van der Waals surface area contributed by atoms with Crippen molar-refractivity contribution < 1.29 is 14.7 Å². The van der Waals surface area contributed by atoms with E-state index in [-0.39, 0.29) is 12.5 Å². The fourth-order valence-corrected chi connectivity index (χ4v) is 2.63. The van der Waals surface area contributed by atoms with E-state index < -0.39 is 5.97 Å². The lowest BCUT2D eigenvalue weighted by Crippen LogP contribution is -2.42. The van der Waals surface area contributed by atoms with Gasteiger partial charge < -0.3 is 14.9 Å². The van der Waals surface area contributed by atoms with E-state index in [4.69, 9.17) is 5.11 Å². The highest BCUT2D eigenvalue weighted by molar-refractivity contribution is 7.99. The summed E-state index contributed by atoms with van der Waals surface area (Å²) in [5.74, 6) is 1.30. The first-order chi connectivity index (χ1) is 8.11. The molecule has 1 aliphatic heterocycles. The standard InChI is InChI=1S/C11H20N2O3S/c1-12(5-2-4-10(14)15)11(16)13-6-3-8-17-9-7-13/h2-9H2,1H3,(H,14,15). The second-order valence-corrected chi connectivity index (χ2v) is 5.38. The highest BCUT2D eigenvalue weighted by Crippen LogP contribution is 2.11. The molecule has 0 aromatic heterocycles. The average Bonchev–Trinajstić information content (AvgIpc) is 2.55. The van der Waals surface area contributed by atoms with E-state index in [2.05, 4.69) is 0 Å². The van der Waals surface area contributed by atoms with Crippen molar-refractivity contribution in [3.05, 3.63) is 0 Å². The number of thioether (sulfide) groups is 1. The predicted octanol–water partition coefficient (Wildman–Crippen LogP) is 1.34. The maximum atomic E-state index is 12.0. The largest absolute Gasteiger partial charge is 0.481 e. The Balaban J connectivity index is 2.31. The zero-order valence-corrected chi connectivity index (χ0v) is 11.0. The molecule has 1 fully saturated rings. The molecule has 0 aromatic rings. The van der Waals surface area contributed by atoms with Crippen LogP contribution >= 0.6 is 11.8 Å². The van der Waals surface area contributed by atoms with E-state index in [1.165, 1.54) is 0 Å². The molecular weight excluding hydrogens is 240 g/mol. The predicted molar refractivity (Wildman–Crippen MR) is 68.4 cm³/mol. The van der Waals surface area contributed by atoms with Crippen LogP contribution < -0.4 is 0 Å². The monoisotopic (exact) mass is 260 g/mol. The number of aliphatic carboxylic acids is 1. The molecule has 0 atom stereocenters. The fraction of sp³-hybridized carbons (Fsp3) is 0.818. The third-order valence-electron chi connectivity index (χ3n) is 2.70. The quantitative estimate of drug-likeness (QED) is 0.828. The summed E-state index contributed by atoms with van der Waals surface area (Å²) in [5.41, 5.74) is 0. The molecule has 0 bridgehead atoms. The van der Waals surface area contributed by atoms with Crippen LogP contribution in [0.3, 0.4) is 0 Å². The first kappa shape index (κ1) is 14.2. The van der Waals surface area contributed by atoms with Crippen LogP contribution in [0.25, 0.3) is 0 Å². The summed E-state index contributed by atoms with van der Waals surface area (Å²) < 4.78 is 0. The fourth-order valence-electron chi connectivity index (χ4n) is 1.74. The Bertz CT molecular complexity index is 265. The van der Waals surface area contributed by atoms with Crippen LogP contribution in [0, 0.1) is 0 Å².